The van der Waals surface area contributed by atoms with Crippen molar-refractivity contribution in [1.29, 1.82) is 0 Å². The summed E-state index contributed by atoms with van der Waals surface area (Å²) in [5.74, 6) is 0.697. The maximum absolute atomic E-state index is 12.1. The molecule has 7 heteroatoms. The van der Waals surface area contributed by atoms with Crippen LogP contribution in [0.3, 0.4) is 0 Å². The van der Waals surface area contributed by atoms with E-state index in [1.54, 1.807) is 36.4 Å². The molecule has 0 saturated heterocycles. The van der Waals surface area contributed by atoms with Crippen molar-refractivity contribution < 1.29 is 13.2 Å². The molecule has 5 nitrogen and oxygen atoms in total. The summed E-state index contributed by atoms with van der Waals surface area (Å²) in [5.41, 5.74) is 6.53. The zero-order valence-corrected chi connectivity index (χ0v) is 13.1. The van der Waals surface area contributed by atoms with Crippen molar-refractivity contribution >= 4 is 33.8 Å². The molecule has 114 valence electrons. The molecule has 0 bridgehead atoms. The predicted molar refractivity (Wildman–Crippen MR) is 86.5 cm³/mol. The molecule has 0 aromatic heterocycles. The number of sulfonamides is 1. The van der Waals surface area contributed by atoms with Gasteiger partial charge in [-0.05, 0) is 55.5 Å². The third kappa shape index (κ3) is 4.54. The molecule has 0 saturated carbocycles. The van der Waals surface area contributed by atoms with Crippen molar-refractivity contribution in [3.63, 3.8) is 0 Å². The fraction of sp³-hybridized carbons (Fsp3) is 0.143. The predicted octanol–water partition coefficient (Wildman–Crippen LogP) is 2.89. The molecule has 0 fully saturated rings. The maximum atomic E-state index is 12.1. The maximum Gasteiger partial charge on any atom is 0.261 e. The molecule has 0 atom stereocenters. The van der Waals surface area contributed by atoms with Gasteiger partial charge in [-0.25, -0.2) is 8.42 Å². The van der Waals surface area contributed by atoms with Gasteiger partial charge < -0.3 is 10.5 Å². The molecule has 0 aliphatic carbocycles. The van der Waals surface area contributed by atoms with Gasteiger partial charge in [-0.3, -0.25) is 4.72 Å². The fourth-order valence-electron chi connectivity index (χ4n) is 1.65. The van der Waals surface area contributed by atoms with Crippen LogP contribution in [0, 0.1) is 0 Å². The first-order chi connectivity index (χ1) is 9.51. The molecule has 2 aromatic rings. The molecule has 3 N–H and O–H groups in total. The molecule has 0 aliphatic heterocycles. The largest absolute Gasteiger partial charge is 0.494 e. The van der Waals surface area contributed by atoms with Gasteiger partial charge in [0.15, 0.2) is 0 Å². The number of benzene rings is 2. The van der Waals surface area contributed by atoms with E-state index in [0.29, 0.717) is 23.7 Å². The second kappa shape index (κ2) is 7.19. The van der Waals surface area contributed by atoms with Gasteiger partial charge >= 0.3 is 0 Å². The lowest BCUT2D eigenvalue weighted by Crippen LogP contribution is -2.12. The highest BCUT2D eigenvalue weighted by Crippen LogP contribution is 2.20. The lowest BCUT2D eigenvalue weighted by Gasteiger charge is -2.09. The van der Waals surface area contributed by atoms with Crippen LogP contribution in [0.2, 0.25) is 0 Å². The Hall–Kier alpha value is -1.92. The molecular formula is C14H17ClN2O3S. The number of hydrogen-bond acceptors (Lipinski definition) is 4. The number of rotatable bonds is 5. The van der Waals surface area contributed by atoms with Crippen molar-refractivity contribution in [3.05, 3.63) is 48.5 Å². The summed E-state index contributed by atoms with van der Waals surface area (Å²) < 4.78 is 32.1. The second-order valence-corrected chi connectivity index (χ2v) is 5.81. The number of halogens is 1. The quantitative estimate of drug-likeness (QED) is 0.827. The molecule has 0 unspecified atom stereocenters. The Labute approximate surface area is 130 Å². The van der Waals surface area contributed by atoms with E-state index in [4.69, 9.17) is 10.5 Å². The van der Waals surface area contributed by atoms with Gasteiger partial charge in [0.05, 0.1) is 11.5 Å². The van der Waals surface area contributed by atoms with E-state index in [0.717, 1.165) is 0 Å². The SMILES string of the molecule is CCOc1ccc(NS(=O)(=O)c2ccc(N)cc2)cc1.Cl. The number of nitrogens with one attached hydrogen (secondary N) is 1. The van der Waals surface area contributed by atoms with Crippen LogP contribution in [0.5, 0.6) is 5.75 Å². The topological polar surface area (TPSA) is 81.4 Å². The van der Waals surface area contributed by atoms with Crippen molar-refractivity contribution in [3.8, 4) is 5.75 Å². The average molecular weight is 329 g/mol. The van der Waals surface area contributed by atoms with E-state index < -0.39 is 10.0 Å². The van der Waals surface area contributed by atoms with Crippen molar-refractivity contribution in [2.45, 2.75) is 11.8 Å². The average Bonchev–Trinajstić information content (AvgIpc) is 2.41. The molecule has 2 rings (SSSR count). The van der Waals surface area contributed by atoms with Crippen molar-refractivity contribution in [2.24, 2.45) is 0 Å². The molecule has 0 spiro atoms. The zero-order valence-electron chi connectivity index (χ0n) is 11.4. The number of hydrogen-bond donors (Lipinski definition) is 2. The van der Waals surface area contributed by atoms with E-state index in [-0.39, 0.29) is 17.3 Å². The first-order valence-corrected chi connectivity index (χ1v) is 7.61. The Kier molecular flexibility index (Phi) is 5.87. The van der Waals surface area contributed by atoms with Gasteiger partial charge in [0.25, 0.3) is 10.0 Å². The lowest BCUT2D eigenvalue weighted by molar-refractivity contribution is 0.340. The highest BCUT2D eigenvalue weighted by atomic mass is 35.5. The normalized spacial score (nSPS) is 10.5. The van der Waals surface area contributed by atoms with Gasteiger partial charge in [-0.15, -0.1) is 12.4 Å². The third-order valence-electron chi connectivity index (χ3n) is 2.61. The minimum absolute atomic E-state index is 0. The highest BCUT2D eigenvalue weighted by molar-refractivity contribution is 7.92. The van der Waals surface area contributed by atoms with Gasteiger partial charge in [-0.2, -0.15) is 0 Å². The molecule has 0 radical (unpaired) electrons. The van der Waals surface area contributed by atoms with Crippen LogP contribution in [0.15, 0.2) is 53.4 Å². The minimum atomic E-state index is -3.60. The molecule has 0 amide bonds. The number of nitrogens with two attached hydrogens (primary N) is 1. The van der Waals surface area contributed by atoms with Crippen LogP contribution in [-0.2, 0) is 10.0 Å². The fourth-order valence-corrected chi connectivity index (χ4v) is 2.71. The summed E-state index contributed by atoms with van der Waals surface area (Å²) in [6, 6.07) is 12.8. The van der Waals surface area contributed by atoms with E-state index >= 15 is 0 Å². The summed E-state index contributed by atoms with van der Waals surface area (Å²) >= 11 is 0. The van der Waals surface area contributed by atoms with Crippen LogP contribution < -0.4 is 15.2 Å². The summed E-state index contributed by atoms with van der Waals surface area (Å²) in [4.78, 5) is 0.167. The van der Waals surface area contributed by atoms with Crippen molar-refractivity contribution in [2.75, 3.05) is 17.1 Å². The highest BCUT2D eigenvalue weighted by Gasteiger charge is 2.13. The second-order valence-electron chi connectivity index (χ2n) is 4.13. The molecule has 2 aromatic carbocycles. The first-order valence-electron chi connectivity index (χ1n) is 6.12. The molecular weight excluding hydrogens is 312 g/mol. The number of ether oxygens (including phenoxy) is 1. The van der Waals surface area contributed by atoms with Crippen LogP contribution in [0.1, 0.15) is 6.92 Å². The standard InChI is InChI=1S/C14H16N2O3S.ClH/c1-2-19-13-7-5-12(6-8-13)16-20(17,18)14-9-3-11(15)4-10-14;/h3-10,16H,2,15H2,1H3;1H. The Bertz CT molecular complexity index is 670. The van der Waals surface area contributed by atoms with E-state index in [9.17, 15) is 8.42 Å². The van der Waals surface area contributed by atoms with Gasteiger partial charge in [0.2, 0.25) is 0 Å². The van der Waals surface area contributed by atoms with E-state index in [2.05, 4.69) is 4.72 Å². The monoisotopic (exact) mass is 328 g/mol. The van der Waals surface area contributed by atoms with Gasteiger partial charge in [0.1, 0.15) is 5.75 Å². The molecule has 21 heavy (non-hydrogen) atoms. The minimum Gasteiger partial charge on any atom is -0.494 e. The summed E-state index contributed by atoms with van der Waals surface area (Å²) in [5, 5.41) is 0. The van der Waals surface area contributed by atoms with Gasteiger partial charge in [0, 0.05) is 11.4 Å². The van der Waals surface area contributed by atoms with Crippen LogP contribution >= 0.6 is 12.4 Å². The Morgan fingerprint density at radius 2 is 1.62 bits per heavy atom. The third-order valence-corrected chi connectivity index (χ3v) is 4.01. The zero-order chi connectivity index (χ0) is 14.6. The number of nitrogen functional groups attached to an aromatic ring is 1. The Morgan fingerprint density at radius 1 is 1.05 bits per heavy atom. The van der Waals surface area contributed by atoms with E-state index in [1.165, 1.54) is 12.1 Å². The Morgan fingerprint density at radius 3 is 2.14 bits per heavy atom. The summed E-state index contributed by atoms with van der Waals surface area (Å²) in [7, 11) is -3.60. The van der Waals surface area contributed by atoms with Crippen molar-refractivity contribution in [1.82, 2.24) is 0 Å². The van der Waals surface area contributed by atoms with E-state index in [1.807, 2.05) is 6.92 Å². The number of anilines is 2. The Balaban J connectivity index is 0.00000220. The lowest BCUT2D eigenvalue weighted by atomic mass is 10.3. The van der Waals surface area contributed by atoms with Crippen LogP contribution in [0.25, 0.3) is 0 Å². The van der Waals surface area contributed by atoms with Gasteiger partial charge in [-0.1, -0.05) is 0 Å². The molecule has 0 aliphatic rings. The first kappa shape index (κ1) is 17.1. The smallest absolute Gasteiger partial charge is 0.261 e. The summed E-state index contributed by atoms with van der Waals surface area (Å²) in [6.45, 7) is 2.45. The van der Waals surface area contributed by atoms with Crippen LogP contribution in [0.4, 0.5) is 11.4 Å². The molecule has 0 heterocycles. The summed E-state index contributed by atoms with van der Waals surface area (Å²) in [6.07, 6.45) is 0. The van der Waals surface area contributed by atoms with Crippen LogP contribution in [-0.4, -0.2) is 15.0 Å².